The van der Waals surface area contributed by atoms with Gasteiger partial charge in [0, 0.05) is 0 Å². The van der Waals surface area contributed by atoms with Crippen LogP contribution in [-0.4, -0.2) is 46.4 Å². The molecule has 1 aliphatic rings. The highest BCUT2D eigenvalue weighted by atomic mass is 32.2. The van der Waals surface area contributed by atoms with Crippen molar-refractivity contribution in [3.05, 3.63) is 28.7 Å². The van der Waals surface area contributed by atoms with Crippen LogP contribution in [0.1, 0.15) is 26.3 Å². The van der Waals surface area contributed by atoms with Crippen molar-refractivity contribution < 1.29 is 29.0 Å². The van der Waals surface area contributed by atoms with Crippen molar-refractivity contribution in [2.45, 2.75) is 26.8 Å². The van der Waals surface area contributed by atoms with Crippen molar-refractivity contribution >= 4 is 35.0 Å². The molecule has 1 aromatic rings. The number of carbonyl (C=O) groups excluding carboxylic acids is 3. The third-order valence-electron chi connectivity index (χ3n) is 3.42. The van der Waals surface area contributed by atoms with Crippen molar-refractivity contribution in [2.75, 3.05) is 13.2 Å². The van der Waals surface area contributed by atoms with Crippen LogP contribution in [0.3, 0.4) is 0 Å². The number of imide groups is 1. The van der Waals surface area contributed by atoms with E-state index in [9.17, 15) is 19.5 Å². The van der Waals surface area contributed by atoms with Crippen LogP contribution >= 0.6 is 11.8 Å². The molecule has 134 valence electrons. The van der Waals surface area contributed by atoms with Crippen LogP contribution in [0.2, 0.25) is 0 Å². The van der Waals surface area contributed by atoms with Gasteiger partial charge in [0.1, 0.15) is 6.04 Å². The summed E-state index contributed by atoms with van der Waals surface area (Å²) in [5.74, 6) is -0.908. The van der Waals surface area contributed by atoms with Crippen LogP contribution in [0.4, 0.5) is 4.79 Å². The minimum Gasteiger partial charge on any atom is -0.504 e. The van der Waals surface area contributed by atoms with Gasteiger partial charge in [0.25, 0.3) is 11.1 Å². The predicted molar refractivity (Wildman–Crippen MR) is 93.2 cm³/mol. The Balaban J connectivity index is 2.25. The predicted octanol–water partition coefficient (Wildman–Crippen LogP) is 2.78. The summed E-state index contributed by atoms with van der Waals surface area (Å²) >= 11 is 0.751. The number of nitrogens with zero attached hydrogens (tertiary/aromatic N) is 1. The molecule has 1 aromatic carbocycles. The summed E-state index contributed by atoms with van der Waals surface area (Å²) in [4.78, 5) is 37.5. The van der Waals surface area contributed by atoms with Crippen molar-refractivity contribution in [1.82, 2.24) is 4.90 Å². The fraction of sp³-hybridized carbons (Fsp3) is 0.353. The van der Waals surface area contributed by atoms with Crippen LogP contribution in [0, 0.1) is 0 Å². The van der Waals surface area contributed by atoms with Crippen molar-refractivity contribution in [3.8, 4) is 11.5 Å². The van der Waals surface area contributed by atoms with Gasteiger partial charge in [0.15, 0.2) is 11.5 Å². The second-order valence-electron chi connectivity index (χ2n) is 5.14. The molecule has 0 radical (unpaired) electrons. The van der Waals surface area contributed by atoms with Crippen LogP contribution < -0.4 is 4.74 Å². The summed E-state index contributed by atoms with van der Waals surface area (Å²) in [6.07, 6.45) is 1.52. The summed E-state index contributed by atoms with van der Waals surface area (Å²) in [5.41, 5.74) is 0.593. The van der Waals surface area contributed by atoms with E-state index in [-0.39, 0.29) is 23.0 Å². The lowest BCUT2D eigenvalue weighted by molar-refractivity contribution is -0.150. The van der Waals surface area contributed by atoms with Crippen molar-refractivity contribution in [3.63, 3.8) is 0 Å². The molecule has 2 rings (SSSR count). The number of hydrogen-bond acceptors (Lipinski definition) is 7. The first-order chi connectivity index (χ1) is 11.9. The zero-order valence-corrected chi connectivity index (χ0v) is 15.0. The number of benzene rings is 1. The first-order valence-corrected chi connectivity index (χ1v) is 8.60. The lowest BCUT2D eigenvalue weighted by atomic mass is 10.1. The standard InChI is InChI=1S/C17H19NO6S/c1-4-23-13-8-11(6-7-12(13)19)9-14-15(20)18(17(22)25-14)10(3)16(21)24-5-2/h6-10,19H,4-5H2,1-3H3/b14-9+/t10-/m1/s1. The fourth-order valence-electron chi connectivity index (χ4n) is 2.22. The van der Waals surface area contributed by atoms with Gasteiger partial charge in [-0.1, -0.05) is 6.07 Å². The van der Waals surface area contributed by atoms with Gasteiger partial charge in [-0.3, -0.25) is 14.5 Å². The molecule has 1 saturated heterocycles. The highest BCUT2D eigenvalue weighted by Gasteiger charge is 2.41. The van der Waals surface area contributed by atoms with E-state index in [1.165, 1.54) is 19.1 Å². The molecular weight excluding hydrogens is 346 g/mol. The molecule has 0 spiro atoms. The highest BCUT2D eigenvalue weighted by Crippen LogP contribution is 2.35. The monoisotopic (exact) mass is 365 g/mol. The molecule has 0 aliphatic carbocycles. The number of rotatable bonds is 6. The third-order valence-corrected chi connectivity index (χ3v) is 4.30. The van der Waals surface area contributed by atoms with Gasteiger partial charge >= 0.3 is 5.97 Å². The Morgan fingerprint density at radius 1 is 1.32 bits per heavy atom. The summed E-state index contributed by atoms with van der Waals surface area (Å²) in [6, 6.07) is 3.63. The second-order valence-corrected chi connectivity index (χ2v) is 6.13. The molecule has 1 N–H and O–H groups in total. The minimum absolute atomic E-state index is 0.0111. The number of esters is 1. The molecule has 1 atom stereocenters. The molecule has 8 heteroatoms. The van der Waals surface area contributed by atoms with Crippen LogP contribution in [0.15, 0.2) is 23.1 Å². The van der Waals surface area contributed by atoms with Crippen molar-refractivity contribution in [1.29, 1.82) is 0 Å². The Morgan fingerprint density at radius 3 is 2.68 bits per heavy atom. The third kappa shape index (κ3) is 4.14. The second kappa shape index (κ2) is 8.06. The molecule has 0 saturated carbocycles. The zero-order valence-electron chi connectivity index (χ0n) is 14.1. The Kier molecular flexibility index (Phi) is 6.08. The van der Waals surface area contributed by atoms with Crippen molar-refractivity contribution in [2.24, 2.45) is 0 Å². The average Bonchev–Trinajstić information content (AvgIpc) is 2.84. The number of aromatic hydroxyl groups is 1. The quantitative estimate of drug-likeness (QED) is 0.612. The van der Waals surface area contributed by atoms with E-state index in [1.54, 1.807) is 26.0 Å². The molecule has 1 fully saturated rings. The Hall–Kier alpha value is -2.48. The maximum absolute atomic E-state index is 12.5. The summed E-state index contributed by atoms with van der Waals surface area (Å²) < 4.78 is 10.2. The van der Waals surface area contributed by atoms with Gasteiger partial charge in [-0.15, -0.1) is 0 Å². The molecular formula is C17H19NO6S. The molecule has 1 heterocycles. The van der Waals surface area contributed by atoms with Gasteiger partial charge in [0.05, 0.1) is 18.1 Å². The largest absolute Gasteiger partial charge is 0.504 e. The first-order valence-electron chi connectivity index (χ1n) is 7.78. The molecule has 7 nitrogen and oxygen atoms in total. The zero-order chi connectivity index (χ0) is 18.6. The van der Waals surface area contributed by atoms with E-state index in [4.69, 9.17) is 9.47 Å². The molecule has 1 aliphatic heterocycles. The molecule has 2 amide bonds. The van der Waals surface area contributed by atoms with Gasteiger partial charge in [-0.2, -0.15) is 0 Å². The Labute approximate surface area is 149 Å². The highest BCUT2D eigenvalue weighted by molar-refractivity contribution is 8.18. The minimum atomic E-state index is -0.989. The lowest BCUT2D eigenvalue weighted by Gasteiger charge is -2.19. The topological polar surface area (TPSA) is 93.1 Å². The normalized spacial score (nSPS) is 17.1. The van der Waals surface area contributed by atoms with E-state index in [2.05, 4.69) is 0 Å². The number of hydrogen-bond donors (Lipinski definition) is 1. The molecule has 0 aromatic heterocycles. The fourth-order valence-corrected chi connectivity index (χ4v) is 3.13. The van der Waals surface area contributed by atoms with Crippen LogP contribution in [0.25, 0.3) is 6.08 Å². The number of phenolic OH excluding ortho intramolecular Hbond substituents is 1. The number of ether oxygens (including phenoxy) is 2. The number of thioether (sulfide) groups is 1. The summed E-state index contributed by atoms with van der Waals surface area (Å²) in [5, 5.41) is 9.19. The number of carbonyl (C=O) groups is 3. The van der Waals surface area contributed by atoms with E-state index >= 15 is 0 Å². The summed E-state index contributed by atoms with van der Waals surface area (Å²) in [7, 11) is 0. The first kappa shape index (κ1) is 18.9. The van der Waals surface area contributed by atoms with E-state index in [1.807, 2.05) is 0 Å². The van der Waals surface area contributed by atoms with E-state index < -0.39 is 23.2 Å². The number of phenols is 1. The molecule has 0 unspecified atom stereocenters. The van der Waals surface area contributed by atoms with Gasteiger partial charge in [-0.05, 0) is 56.3 Å². The van der Waals surface area contributed by atoms with Gasteiger partial charge in [-0.25, -0.2) is 4.79 Å². The summed E-state index contributed by atoms with van der Waals surface area (Å²) in [6.45, 7) is 5.44. The van der Waals surface area contributed by atoms with Gasteiger partial charge in [0.2, 0.25) is 0 Å². The maximum Gasteiger partial charge on any atom is 0.329 e. The van der Waals surface area contributed by atoms with Gasteiger partial charge < -0.3 is 14.6 Å². The van der Waals surface area contributed by atoms with Crippen LogP contribution in [0.5, 0.6) is 11.5 Å². The van der Waals surface area contributed by atoms with E-state index in [0.29, 0.717) is 12.2 Å². The Bertz CT molecular complexity index is 730. The van der Waals surface area contributed by atoms with E-state index in [0.717, 1.165) is 16.7 Å². The maximum atomic E-state index is 12.5. The SMILES string of the molecule is CCOC(=O)[C@@H](C)N1C(=O)S/C(=C/c2ccc(O)c(OCC)c2)C1=O. The average molecular weight is 365 g/mol. The Morgan fingerprint density at radius 2 is 2.04 bits per heavy atom. The molecule has 25 heavy (non-hydrogen) atoms. The molecule has 0 bridgehead atoms. The number of amides is 2. The van der Waals surface area contributed by atoms with Crippen LogP contribution in [-0.2, 0) is 14.3 Å². The smallest absolute Gasteiger partial charge is 0.329 e. The lowest BCUT2D eigenvalue weighted by Crippen LogP contribution is -2.42.